The minimum Gasteiger partial charge on any atom is -0.368 e. The van der Waals surface area contributed by atoms with Gasteiger partial charge in [0.05, 0.1) is 10.6 Å². The number of nitrogens with zero attached hydrogens (tertiary/aromatic N) is 1. The summed E-state index contributed by atoms with van der Waals surface area (Å²) in [5, 5.41) is 1.31. The smallest absolute Gasteiger partial charge is 0.237 e. The molecule has 1 heterocycles. The topological polar surface area (TPSA) is 82.0 Å². The van der Waals surface area contributed by atoms with Gasteiger partial charge < -0.3 is 11.5 Å². The maximum absolute atomic E-state index is 11.2. The van der Waals surface area contributed by atoms with Gasteiger partial charge in [-0.1, -0.05) is 6.07 Å². The van der Waals surface area contributed by atoms with Crippen LogP contribution < -0.4 is 11.5 Å². The van der Waals surface area contributed by atoms with Gasteiger partial charge in [0.15, 0.2) is 0 Å². The number of carbonyl (C=O) groups is 1. The van der Waals surface area contributed by atoms with E-state index in [1.54, 1.807) is 18.0 Å². The molecule has 1 fully saturated rings. The Morgan fingerprint density at radius 1 is 1.56 bits per heavy atom. The second-order valence-electron chi connectivity index (χ2n) is 4.17. The van der Waals surface area contributed by atoms with Gasteiger partial charge in [-0.15, -0.1) is 11.8 Å². The Labute approximate surface area is 98.8 Å². The fourth-order valence-corrected chi connectivity index (χ4v) is 3.18. The molecular formula is C11H15N3OS. The zero-order valence-corrected chi connectivity index (χ0v) is 9.74. The van der Waals surface area contributed by atoms with Gasteiger partial charge in [0, 0.05) is 11.4 Å². The number of carbonyl (C=O) groups excluding carboxylic acids is 1. The van der Waals surface area contributed by atoms with Crippen LogP contribution in [-0.4, -0.2) is 21.7 Å². The van der Waals surface area contributed by atoms with Crippen LogP contribution in [0.5, 0.6) is 0 Å². The van der Waals surface area contributed by atoms with Crippen LogP contribution in [-0.2, 0) is 4.79 Å². The summed E-state index contributed by atoms with van der Waals surface area (Å²) >= 11 is 1.67. The average Bonchev–Trinajstić information content (AvgIpc) is 2.63. The van der Waals surface area contributed by atoms with E-state index in [0.717, 1.165) is 11.4 Å². The predicted octanol–water partition coefficient (Wildman–Crippen LogP) is 0.909. The summed E-state index contributed by atoms with van der Waals surface area (Å²) in [5.41, 5.74) is 10.4. The van der Waals surface area contributed by atoms with Crippen molar-refractivity contribution < 1.29 is 4.79 Å². The van der Waals surface area contributed by atoms with E-state index in [-0.39, 0.29) is 0 Å². The molecule has 16 heavy (non-hydrogen) atoms. The number of hydrogen-bond acceptors (Lipinski definition) is 4. The van der Waals surface area contributed by atoms with E-state index < -0.39 is 11.4 Å². The molecule has 2 unspecified atom stereocenters. The standard InChI is InChI=1S/C11H15N3OS/c12-10(15)11(13)5-4-8(7-11)16-9-3-1-2-6-14-9/h1-3,6,8H,4-5,7,13H2,(H2,12,15). The molecule has 1 aromatic heterocycles. The molecule has 0 aliphatic heterocycles. The molecule has 4 N–H and O–H groups in total. The fraction of sp³-hybridized carbons (Fsp3) is 0.455. The molecule has 0 saturated heterocycles. The minimum absolute atomic E-state index is 0.340. The number of amides is 1. The maximum atomic E-state index is 11.2. The Hall–Kier alpha value is -1.07. The summed E-state index contributed by atoms with van der Waals surface area (Å²) in [7, 11) is 0. The van der Waals surface area contributed by atoms with Crippen LogP contribution in [0.25, 0.3) is 0 Å². The van der Waals surface area contributed by atoms with Gasteiger partial charge in [0.25, 0.3) is 0 Å². The first-order valence-corrected chi connectivity index (χ1v) is 6.15. The van der Waals surface area contributed by atoms with Gasteiger partial charge >= 0.3 is 0 Å². The highest BCUT2D eigenvalue weighted by atomic mass is 32.2. The second-order valence-corrected chi connectivity index (χ2v) is 5.49. The Bertz CT molecular complexity index is 384. The molecule has 1 amide bonds. The summed E-state index contributed by atoms with van der Waals surface area (Å²) in [4.78, 5) is 15.4. The van der Waals surface area contributed by atoms with E-state index >= 15 is 0 Å². The van der Waals surface area contributed by atoms with E-state index in [9.17, 15) is 4.79 Å². The molecule has 1 aliphatic carbocycles. The van der Waals surface area contributed by atoms with Crippen LogP contribution in [0.1, 0.15) is 19.3 Å². The maximum Gasteiger partial charge on any atom is 0.237 e. The number of rotatable bonds is 3. The third-order valence-electron chi connectivity index (χ3n) is 2.92. The molecular weight excluding hydrogens is 222 g/mol. The Morgan fingerprint density at radius 2 is 2.38 bits per heavy atom. The zero-order valence-electron chi connectivity index (χ0n) is 8.93. The van der Waals surface area contributed by atoms with Crippen molar-refractivity contribution in [3.8, 4) is 0 Å². The lowest BCUT2D eigenvalue weighted by molar-refractivity contribution is -0.122. The van der Waals surface area contributed by atoms with Crippen molar-refractivity contribution >= 4 is 17.7 Å². The molecule has 0 bridgehead atoms. The average molecular weight is 237 g/mol. The molecule has 5 heteroatoms. The Morgan fingerprint density at radius 3 is 2.94 bits per heavy atom. The third-order valence-corrected chi connectivity index (χ3v) is 4.14. The molecule has 0 spiro atoms. The summed E-state index contributed by atoms with van der Waals surface area (Å²) in [6.07, 6.45) is 4.00. The van der Waals surface area contributed by atoms with Crippen LogP contribution in [0.4, 0.5) is 0 Å². The number of thioether (sulfide) groups is 1. The lowest BCUT2D eigenvalue weighted by atomic mass is 9.99. The SMILES string of the molecule is NC(=O)C1(N)CCC(Sc2ccccn2)C1. The molecule has 4 nitrogen and oxygen atoms in total. The Kier molecular flexibility index (Phi) is 3.16. The monoisotopic (exact) mass is 237 g/mol. The van der Waals surface area contributed by atoms with Gasteiger partial charge in [-0.25, -0.2) is 4.98 Å². The third kappa shape index (κ3) is 2.36. The summed E-state index contributed by atoms with van der Waals surface area (Å²) < 4.78 is 0. The quantitative estimate of drug-likeness (QED) is 0.818. The first-order valence-electron chi connectivity index (χ1n) is 5.27. The number of nitrogens with two attached hydrogens (primary N) is 2. The van der Waals surface area contributed by atoms with E-state index in [1.165, 1.54) is 0 Å². The first kappa shape index (κ1) is 11.4. The summed E-state index contributed by atoms with van der Waals surface area (Å²) in [6.45, 7) is 0. The molecule has 1 aromatic rings. The van der Waals surface area contributed by atoms with E-state index in [1.807, 2.05) is 18.2 Å². The zero-order chi connectivity index (χ0) is 11.6. The minimum atomic E-state index is -0.813. The number of primary amides is 1. The highest BCUT2D eigenvalue weighted by Gasteiger charge is 2.40. The number of hydrogen-bond donors (Lipinski definition) is 2. The molecule has 2 rings (SSSR count). The molecule has 2 atom stereocenters. The molecule has 86 valence electrons. The summed E-state index contributed by atoms with van der Waals surface area (Å²) in [5.74, 6) is -0.392. The largest absolute Gasteiger partial charge is 0.368 e. The van der Waals surface area contributed by atoms with Crippen LogP contribution in [0.3, 0.4) is 0 Å². The fourth-order valence-electron chi connectivity index (χ4n) is 1.94. The van der Waals surface area contributed by atoms with Crippen molar-refractivity contribution in [3.05, 3.63) is 24.4 Å². The van der Waals surface area contributed by atoms with Gasteiger partial charge in [0.1, 0.15) is 0 Å². The predicted molar refractivity (Wildman–Crippen MR) is 63.8 cm³/mol. The van der Waals surface area contributed by atoms with Gasteiger partial charge in [-0.05, 0) is 31.4 Å². The van der Waals surface area contributed by atoms with Crippen molar-refractivity contribution in [2.24, 2.45) is 11.5 Å². The summed E-state index contributed by atoms with van der Waals surface area (Å²) in [6, 6.07) is 5.80. The van der Waals surface area contributed by atoms with Crippen molar-refractivity contribution in [1.29, 1.82) is 0 Å². The van der Waals surface area contributed by atoms with Gasteiger partial charge in [-0.3, -0.25) is 4.79 Å². The van der Waals surface area contributed by atoms with E-state index in [4.69, 9.17) is 11.5 Å². The second kappa shape index (κ2) is 4.43. The van der Waals surface area contributed by atoms with Gasteiger partial charge in [-0.2, -0.15) is 0 Å². The highest BCUT2D eigenvalue weighted by Crippen LogP contribution is 2.38. The first-order chi connectivity index (χ1) is 7.60. The Balaban J connectivity index is 1.98. The molecule has 0 aromatic carbocycles. The molecule has 1 saturated carbocycles. The lowest BCUT2D eigenvalue weighted by Crippen LogP contribution is -2.50. The normalized spacial score (nSPS) is 29.2. The van der Waals surface area contributed by atoms with Crippen LogP contribution in [0.2, 0.25) is 0 Å². The van der Waals surface area contributed by atoms with E-state index in [2.05, 4.69) is 4.98 Å². The molecule has 0 radical (unpaired) electrons. The van der Waals surface area contributed by atoms with Crippen LogP contribution in [0.15, 0.2) is 29.4 Å². The number of pyridine rings is 1. The number of aromatic nitrogens is 1. The van der Waals surface area contributed by atoms with Crippen molar-refractivity contribution in [1.82, 2.24) is 4.98 Å². The highest BCUT2D eigenvalue weighted by molar-refractivity contribution is 7.99. The van der Waals surface area contributed by atoms with Crippen molar-refractivity contribution in [2.75, 3.05) is 0 Å². The van der Waals surface area contributed by atoms with Crippen LogP contribution in [0, 0.1) is 0 Å². The molecule has 1 aliphatic rings. The van der Waals surface area contributed by atoms with E-state index in [0.29, 0.717) is 18.1 Å². The van der Waals surface area contributed by atoms with Crippen molar-refractivity contribution in [3.63, 3.8) is 0 Å². The van der Waals surface area contributed by atoms with Crippen molar-refractivity contribution in [2.45, 2.75) is 35.1 Å². The van der Waals surface area contributed by atoms with Crippen LogP contribution >= 0.6 is 11.8 Å². The van der Waals surface area contributed by atoms with Gasteiger partial charge in [0.2, 0.25) is 5.91 Å². The lowest BCUT2D eigenvalue weighted by Gasteiger charge is -2.19.